The largest absolute Gasteiger partial charge is 0.489 e. The second kappa shape index (κ2) is 13.8. The molecule has 236 valence electrons. The minimum absolute atomic E-state index is 0.0200. The Hall–Kier alpha value is -2.53. The van der Waals surface area contributed by atoms with Crippen molar-refractivity contribution in [1.29, 1.82) is 0 Å². The SMILES string of the molecule is CSC1CC(O)CC(c2ccc(C)c(Cc3ccc(OC4CCN(C5COC(c6cc(F)ccc6F)C(N)C5)C4)cc3)c2)O1. The van der Waals surface area contributed by atoms with Crippen LogP contribution in [-0.4, -0.2) is 65.7 Å². The molecular formula is C35H42F2N2O4S. The molecule has 9 heteroatoms. The number of benzene rings is 3. The predicted octanol–water partition coefficient (Wildman–Crippen LogP) is 6.08. The molecule has 3 aromatic carbocycles. The van der Waals surface area contributed by atoms with E-state index in [1.807, 2.05) is 18.4 Å². The van der Waals surface area contributed by atoms with Gasteiger partial charge >= 0.3 is 0 Å². The highest BCUT2D eigenvalue weighted by Gasteiger charge is 2.37. The summed E-state index contributed by atoms with van der Waals surface area (Å²) in [6.07, 6.45) is 4.65. The van der Waals surface area contributed by atoms with Gasteiger partial charge in [-0.1, -0.05) is 30.3 Å². The zero-order valence-corrected chi connectivity index (χ0v) is 26.1. The van der Waals surface area contributed by atoms with Crippen molar-refractivity contribution in [2.45, 2.75) is 81.0 Å². The molecule has 0 saturated carbocycles. The summed E-state index contributed by atoms with van der Waals surface area (Å²) in [7, 11) is 0. The molecule has 0 bridgehead atoms. The van der Waals surface area contributed by atoms with Gasteiger partial charge in [-0.25, -0.2) is 8.78 Å². The molecule has 3 fully saturated rings. The van der Waals surface area contributed by atoms with Crippen molar-refractivity contribution in [3.63, 3.8) is 0 Å². The van der Waals surface area contributed by atoms with E-state index < -0.39 is 23.8 Å². The second-order valence-corrected chi connectivity index (χ2v) is 13.4. The van der Waals surface area contributed by atoms with Crippen LogP contribution in [0, 0.1) is 18.6 Å². The summed E-state index contributed by atoms with van der Waals surface area (Å²) < 4.78 is 46.6. The quantitative estimate of drug-likeness (QED) is 0.315. The Bertz CT molecular complexity index is 1430. The summed E-state index contributed by atoms with van der Waals surface area (Å²) in [6, 6.07) is 17.9. The van der Waals surface area contributed by atoms with Crippen molar-refractivity contribution in [3.05, 3.63) is 100 Å². The molecular weight excluding hydrogens is 582 g/mol. The molecule has 3 aromatic rings. The third-order valence-corrected chi connectivity index (χ3v) is 10.1. The van der Waals surface area contributed by atoms with Crippen LogP contribution in [0.3, 0.4) is 0 Å². The maximum Gasteiger partial charge on any atom is 0.129 e. The minimum Gasteiger partial charge on any atom is -0.489 e. The van der Waals surface area contributed by atoms with Gasteiger partial charge in [0, 0.05) is 43.6 Å². The van der Waals surface area contributed by atoms with E-state index >= 15 is 0 Å². The fourth-order valence-electron chi connectivity index (χ4n) is 6.74. The fourth-order valence-corrected chi connectivity index (χ4v) is 7.40. The molecule has 0 aromatic heterocycles. The number of rotatable bonds is 8. The molecule has 44 heavy (non-hydrogen) atoms. The Labute approximate surface area is 262 Å². The van der Waals surface area contributed by atoms with Gasteiger partial charge in [0.2, 0.25) is 0 Å². The summed E-state index contributed by atoms with van der Waals surface area (Å²) in [5.74, 6) is -0.141. The third kappa shape index (κ3) is 7.30. The molecule has 7 atom stereocenters. The number of nitrogens with zero attached hydrogens (tertiary/aromatic N) is 1. The van der Waals surface area contributed by atoms with Gasteiger partial charge in [0.05, 0.1) is 18.8 Å². The molecule has 0 spiro atoms. The van der Waals surface area contributed by atoms with E-state index in [1.54, 1.807) is 11.8 Å². The van der Waals surface area contributed by atoms with Crippen molar-refractivity contribution < 1.29 is 28.1 Å². The molecule has 3 aliphatic heterocycles. The number of halogens is 2. The van der Waals surface area contributed by atoms with Crippen LogP contribution < -0.4 is 10.5 Å². The third-order valence-electron chi connectivity index (χ3n) is 9.25. The number of likely N-dealkylation sites (tertiary alicyclic amines) is 1. The Morgan fingerprint density at radius 3 is 2.64 bits per heavy atom. The number of hydrogen-bond acceptors (Lipinski definition) is 7. The number of aliphatic hydroxyl groups excluding tert-OH is 1. The van der Waals surface area contributed by atoms with Crippen LogP contribution in [0.25, 0.3) is 0 Å². The fraction of sp³-hybridized carbons (Fsp3) is 0.486. The molecule has 0 amide bonds. The van der Waals surface area contributed by atoms with Crippen LogP contribution >= 0.6 is 11.8 Å². The molecule has 3 saturated heterocycles. The number of aryl methyl sites for hydroxylation is 1. The molecule has 3 aliphatic rings. The van der Waals surface area contributed by atoms with Crippen LogP contribution in [0.1, 0.15) is 65.7 Å². The van der Waals surface area contributed by atoms with Crippen molar-refractivity contribution in [3.8, 4) is 5.75 Å². The first kappa shape index (κ1) is 31.5. The summed E-state index contributed by atoms with van der Waals surface area (Å²) in [5.41, 5.74) is 11.4. The van der Waals surface area contributed by atoms with E-state index in [1.165, 1.54) is 22.8 Å². The number of aliphatic hydroxyl groups is 1. The Balaban J connectivity index is 1.02. The van der Waals surface area contributed by atoms with Crippen LogP contribution in [-0.2, 0) is 15.9 Å². The first-order valence-corrected chi connectivity index (χ1v) is 16.8. The Morgan fingerprint density at radius 2 is 1.86 bits per heavy atom. The average Bonchev–Trinajstić information content (AvgIpc) is 3.48. The maximum absolute atomic E-state index is 14.3. The van der Waals surface area contributed by atoms with Gasteiger partial charge in [-0.15, -0.1) is 11.8 Å². The first-order valence-electron chi connectivity index (χ1n) is 15.5. The predicted molar refractivity (Wildman–Crippen MR) is 169 cm³/mol. The van der Waals surface area contributed by atoms with E-state index in [2.05, 4.69) is 42.2 Å². The lowest BCUT2D eigenvalue weighted by Crippen LogP contribution is -2.49. The van der Waals surface area contributed by atoms with E-state index in [9.17, 15) is 13.9 Å². The number of nitrogens with two attached hydrogens (primary N) is 1. The van der Waals surface area contributed by atoms with E-state index in [0.29, 0.717) is 25.9 Å². The van der Waals surface area contributed by atoms with Gasteiger partial charge in [-0.3, -0.25) is 4.90 Å². The lowest BCUT2D eigenvalue weighted by molar-refractivity contribution is -0.0605. The normalized spacial score (nSPS) is 29.5. The van der Waals surface area contributed by atoms with Gasteiger partial charge in [0.15, 0.2) is 0 Å². The smallest absolute Gasteiger partial charge is 0.129 e. The molecule has 3 heterocycles. The van der Waals surface area contributed by atoms with Crippen molar-refractivity contribution in [2.24, 2.45) is 5.73 Å². The van der Waals surface area contributed by atoms with Crippen LogP contribution in [0.4, 0.5) is 8.78 Å². The number of hydrogen-bond donors (Lipinski definition) is 2. The molecule has 3 N–H and O–H groups in total. The molecule has 0 aliphatic carbocycles. The summed E-state index contributed by atoms with van der Waals surface area (Å²) in [5, 5.41) is 10.3. The lowest BCUT2D eigenvalue weighted by Gasteiger charge is -2.38. The van der Waals surface area contributed by atoms with E-state index in [0.717, 1.165) is 49.4 Å². The van der Waals surface area contributed by atoms with Gasteiger partial charge in [0.1, 0.15) is 35.0 Å². The topological polar surface area (TPSA) is 77.2 Å². The van der Waals surface area contributed by atoms with Crippen LogP contribution in [0.2, 0.25) is 0 Å². The zero-order valence-electron chi connectivity index (χ0n) is 25.3. The maximum atomic E-state index is 14.3. The van der Waals surface area contributed by atoms with Crippen LogP contribution in [0.5, 0.6) is 5.75 Å². The Morgan fingerprint density at radius 1 is 1.05 bits per heavy atom. The second-order valence-electron chi connectivity index (χ2n) is 12.4. The minimum atomic E-state index is -0.651. The lowest BCUT2D eigenvalue weighted by atomic mass is 9.93. The van der Waals surface area contributed by atoms with E-state index in [4.69, 9.17) is 19.9 Å². The monoisotopic (exact) mass is 624 g/mol. The molecule has 6 rings (SSSR count). The van der Waals surface area contributed by atoms with Gasteiger partial charge in [0.25, 0.3) is 0 Å². The van der Waals surface area contributed by atoms with Gasteiger partial charge < -0.3 is 25.1 Å². The Kier molecular flexibility index (Phi) is 9.90. The van der Waals surface area contributed by atoms with Crippen molar-refractivity contribution >= 4 is 11.8 Å². The molecule has 6 nitrogen and oxygen atoms in total. The first-order chi connectivity index (χ1) is 21.2. The highest BCUT2D eigenvalue weighted by atomic mass is 32.2. The van der Waals surface area contributed by atoms with Gasteiger partial charge in [-0.05, 0) is 85.0 Å². The summed E-state index contributed by atoms with van der Waals surface area (Å²) in [4.78, 5) is 2.34. The van der Waals surface area contributed by atoms with Crippen molar-refractivity contribution in [2.75, 3.05) is 26.0 Å². The molecule has 7 unspecified atom stereocenters. The van der Waals surface area contributed by atoms with Crippen LogP contribution in [0.15, 0.2) is 60.7 Å². The highest BCUT2D eigenvalue weighted by molar-refractivity contribution is 7.99. The summed E-state index contributed by atoms with van der Waals surface area (Å²) >= 11 is 1.65. The number of thioether (sulfide) groups is 1. The standard InChI is InChI=1S/C35H42F2N2O4S/c1-21-3-6-23(33-17-27(40)18-34(43-33)44-2)14-24(21)13-22-4-8-28(9-5-22)42-29-11-12-39(19-29)26-16-32(38)35(41-20-26)30-15-25(36)7-10-31(30)37/h3-10,14-15,26-27,29,32-35,40H,11-13,16-20,38H2,1-2H3. The van der Waals surface area contributed by atoms with E-state index in [-0.39, 0.29) is 35.4 Å². The summed E-state index contributed by atoms with van der Waals surface area (Å²) in [6.45, 7) is 4.19. The molecule has 0 radical (unpaired) electrons. The zero-order chi connectivity index (χ0) is 30.8. The average molecular weight is 625 g/mol. The van der Waals surface area contributed by atoms with Gasteiger partial charge in [-0.2, -0.15) is 0 Å². The van der Waals surface area contributed by atoms with Crippen molar-refractivity contribution in [1.82, 2.24) is 4.90 Å². The number of ether oxygens (including phenoxy) is 3. The highest BCUT2D eigenvalue weighted by Crippen LogP contribution is 2.36.